The summed E-state index contributed by atoms with van der Waals surface area (Å²) in [6.07, 6.45) is 0.846. The van der Waals surface area contributed by atoms with Gasteiger partial charge in [0.2, 0.25) is 5.91 Å². The van der Waals surface area contributed by atoms with Crippen LogP contribution in [0.5, 0.6) is 0 Å². The molecule has 1 aromatic rings. The molecular weight excluding hydrogens is 334 g/mol. The molecule has 0 saturated carbocycles. The van der Waals surface area contributed by atoms with Crippen molar-refractivity contribution in [1.82, 2.24) is 5.32 Å². The zero-order valence-corrected chi connectivity index (χ0v) is 12.5. The normalized spacial score (nSPS) is 14.2. The highest BCUT2D eigenvalue weighted by atomic mass is 79.9. The lowest BCUT2D eigenvalue weighted by molar-refractivity contribution is -0.120. The van der Waals surface area contributed by atoms with Gasteiger partial charge >= 0.3 is 0 Å². The second-order valence-electron chi connectivity index (χ2n) is 3.86. The number of amides is 1. The maximum Gasteiger partial charge on any atom is 0.233 e. The summed E-state index contributed by atoms with van der Waals surface area (Å²) in [7, 11) is 0. The van der Waals surface area contributed by atoms with Gasteiger partial charge in [0.15, 0.2) is 0 Å². The topological polar surface area (TPSA) is 29.1 Å². The lowest BCUT2D eigenvalue weighted by Gasteiger charge is -2.15. The second kappa shape index (κ2) is 6.40. The summed E-state index contributed by atoms with van der Waals surface area (Å²) in [6, 6.07) is 8.29. The number of rotatable bonds is 4. The summed E-state index contributed by atoms with van der Waals surface area (Å²) < 4.78 is 1.07. The van der Waals surface area contributed by atoms with Crippen LogP contribution in [0.3, 0.4) is 0 Å². The summed E-state index contributed by atoms with van der Waals surface area (Å²) in [6.45, 7) is 3.83. The molecule has 2 atom stereocenters. The lowest BCUT2D eigenvalue weighted by Crippen LogP contribution is -2.37. The molecule has 2 unspecified atom stereocenters. The van der Waals surface area contributed by atoms with Gasteiger partial charge in [-0.2, -0.15) is 0 Å². The number of hydrogen-bond acceptors (Lipinski definition) is 1. The van der Waals surface area contributed by atoms with E-state index >= 15 is 0 Å². The van der Waals surface area contributed by atoms with Crippen molar-refractivity contribution in [2.24, 2.45) is 0 Å². The second-order valence-corrected chi connectivity index (χ2v) is 6.15. The summed E-state index contributed by atoms with van der Waals surface area (Å²) >= 11 is 6.64. The molecule has 1 rings (SSSR count). The molecule has 16 heavy (non-hydrogen) atoms. The fourth-order valence-electron chi connectivity index (χ4n) is 1.38. The largest absolute Gasteiger partial charge is 0.352 e. The molecule has 0 spiro atoms. The molecule has 2 nitrogen and oxygen atoms in total. The third kappa shape index (κ3) is 4.66. The fraction of sp³-hybridized carbons (Fsp3) is 0.417. The van der Waals surface area contributed by atoms with E-state index in [0.29, 0.717) is 0 Å². The average molecular weight is 349 g/mol. The van der Waals surface area contributed by atoms with E-state index in [1.165, 1.54) is 5.56 Å². The van der Waals surface area contributed by atoms with Gasteiger partial charge in [0, 0.05) is 10.5 Å². The first-order valence-corrected chi connectivity index (χ1v) is 6.89. The van der Waals surface area contributed by atoms with E-state index < -0.39 is 0 Å². The number of benzene rings is 1. The molecule has 0 radical (unpaired) electrons. The predicted molar refractivity (Wildman–Crippen MR) is 73.8 cm³/mol. The van der Waals surface area contributed by atoms with Crippen LogP contribution in [-0.2, 0) is 11.2 Å². The minimum absolute atomic E-state index is 0.0320. The number of hydrogen-bond donors (Lipinski definition) is 1. The van der Waals surface area contributed by atoms with Gasteiger partial charge in [-0.25, -0.2) is 0 Å². The standard InChI is InChI=1S/C12H15Br2NO/c1-8(15-12(16)9(2)13)7-10-3-5-11(14)6-4-10/h3-6,8-9H,7H2,1-2H3,(H,15,16). The highest BCUT2D eigenvalue weighted by molar-refractivity contribution is 9.10. The van der Waals surface area contributed by atoms with Gasteiger partial charge in [0.05, 0.1) is 4.83 Å². The Kier molecular flexibility index (Phi) is 5.49. The first-order valence-electron chi connectivity index (χ1n) is 5.18. The van der Waals surface area contributed by atoms with Crippen molar-refractivity contribution in [2.45, 2.75) is 31.1 Å². The van der Waals surface area contributed by atoms with Gasteiger partial charge < -0.3 is 5.32 Å². The summed E-state index contributed by atoms with van der Waals surface area (Å²) in [5.74, 6) is 0.0320. The van der Waals surface area contributed by atoms with Crippen LogP contribution >= 0.6 is 31.9 Å². The van der Waals surface area contributed by atoms with Gasteiger partial charge in [-0.05, 0) is 38.0 Å². The Morgan fingerprint density at radius 1 is 1.31 bits per heavy atom. The Labute approximate surface area is 113 Å². The summed E-state index contributed by atoms with van der Waals surface area (Å²) in [5.41, 5.74) is 1.22. The van der Waals surface area contributed by atoms with Crippen LogP contribution < -0.4 is 5.32 Å². The molecule has 1 aromatic carbocycles. The number of carbonyl (C=O) groups is 1. The molecule has 0 aliphatic heterocycles. The highest BCUT2D eigenvalue weighted by Crippen LogP contribution is 2.12. The first kappa shape index (κ1) is 13.7. The lowest BCUT2D eigenvalue weighted by atomic mass is 10.1. The maximum absolute atomic E-state index is 11.4. The number of halogens is 2. The maximum atomic E-state index is 11.4. The fourth-order valence-corrected chi connectivity index (χ4v) is 1.78. The molecule has 0 saturated heterocycles. The van der Waals surface area contributed by atoms with Crippen molar-refractivity contribution in [3.8, 4) is 0 Å². The van der Waals surface area contributed by atoms with E-state index in [1.807, 2.05) is 26.0 Å². The molecule has 0 fully saturated rings. The van der Waals surface area contributed by atoms with Gasteiger partial charge in [-0.15, -0.1) is 0 Å². The van der Waals surface area contributed by atoms with E-state index in [0.717, 1.165) is 10.9 Å². The van der Waals surface area contributed by atoms with E-state index in [1.54, 1.807) is 0 Å². The van der Waals surface area contributed by atoms with Crippen LogP contribution in [0.2, 0.25) is 0 Å². The number of nitrogens with one attached hydrogen (secondary N) is 1. The van der Waals surface area contributed by atoms with Crippen LogP contribution in [0.15, 0.2) is 28.7 Å². The molecule has 0 bridgehead atoms. The van der Waals surface area contributed by atoms with E-state index in [2.05, 4.69) is 49.3 Å². The van der Waals surface area contributed by atoms with Gasteiger partial charge in [-0.3, -0.25) is 4.79 Å². The SMILES string of the molecule is CC(Cc1ccc(Br)cc1)NC(=O)C(C)Br. The van der Waals surface area contributed by atoms with E-state index in [4.69, 9.17) is 0 Å². The Balaban J connectivity index is 2.48. The van der Waals surface area contributed by atoms with Crippen molar-refractivity contribution in [3.63, 3.8) is 0 Å². The van der Waals surface area contributed by atoms with Crippen molar-refractivity contribution in [2.75, 3.05) is 0 Å². The molecule has 0 heterocycles. The van der Waals surface area contributed by atoms with Crippen molar-refractivity contribution in [1.29, 1.82) is 0 Å². The van der Waals surface area contributed by atoms with Gasteiger partial charge in [0.1, 0.15) is 0 Å². The van der Waals surface area contributed by atoms with Crippen molar-refractivity contribution < 1.29 is 4.79 Å². The predicted octanol–water partition coefficient (Wildman–Crippen LogP) is 3.28. The molecule has 4 heteroatoms. The Hall–Kier alpha value is -0.350. The first-order chi connectivity index (χ1) is 7.49. The Bertz CT molecular complexity index is 349. The van der Waals surface area contributed by atoms with Gasteiger partial charge in [-0.1, -0.05) is 44.0 Å². The van der Waals surface area contributed by atoms with Crippen LogP contribution in [-0.4, -0.2) is 16.8 Å². The summed E-state index contributed by atoms with van der Waals surface area (Å²) in [4.78, 5) is 11.3. The molecule has 0 aliphatic rings. The van der Waals surface area contributed by atoms with Crippen LogP contribution in [0.4, 0.5) is 0 Å². The molecule has 0 aromatic heterocycles. The quantitative estimate of drug-likeness (QED) is 0.831. The molecule has 1 amide bonds. The van der Waals surface area contributed by atoms with Crippen molar-refractivity contribution >= 4 is 37.8 Å². The Morgan fingerprint density at radius 3 is 2.38 bits per heavy atom. The molecular formula is C12H15Br2NO. The van der Waals surface area contributed by atoms with E-state index in [9.17, 15) is 4.79 Å². The minimum atomic E-state index is -0.139. The monoisotopic (exact) mass is 347 g/mol. The van der Waals surface area contributed by atoms with Crippen LogP contribution in [0, 0.1) is 0 Å². The smallest absolute Gasteiger partial charge is 0.233 e. The number of carbonyl (C=O) groups excluding carboxylic acids is 1. The van der Waals surface area contributed by atoms with Crippen LogP contribution in [0.25, 0.3) is 0 Å². The molecule has 88 valence electrons. The summed E-state index contributed by atoms with van der Waals surface area (Å²) in [5, 5.41) is 2.94. The molecule has 0 aliphatic carbocycles. The third-order valence-corrected chi connectivity index (χ3v) is 3.15. The number of alkyl halides is 1. The van der Waals surface area contributed by atoms with Crippen molar-refractivity contribution in [3.05, 3.63) is 34.3 Å². The Morgan fingerprint density at radius 2 is 1.88 bits per heavy atom. The van der Waals surface area contributed by atoms with E-state index in [-0.39, 0.29) is 16.8 Å². The minimum Gasteiger partial charge on any atom is -0.352 e. The van der Waals surface area contributed by atoms with Crippen LogP contribution in [0.1, 0.15) is 19.4 Å². The van der Waals surface area contributed by atoms with Gasteiger partial charge in [0.25, 0.3) is 0 Å². The average Bonchev–Trinajstić information content (AvgIpc) is 2.21. The zero-order chi connectivity index (χ0) is 12.1. The third-order valence-electron chi connectivity index (χ3n) is 2.21. The molecule has 1 N–H and O–H groups in total. The highest BCUT2D eigenvalue weighted by Gasteiger charge is 2.12. The zero-order valence-electron chi connectivity index (χ0n) is 9.34.